The Morgan fingerprint density at radius 1 is 1.35 bits per heavy atom. The molecular weight excluding hydrogens is 223 g/mol. The van der Waals surface area contributed by atoms with Crippen molar-refractivity contribution in [3.05, 3.63) is 53.2 Å². The average Bonchev–Trinajstić information content (AvgIpc) is 2.79. The van der Waals surface area contributed by atoms with E-state index in [0.29, 0.717) is 17.6 Å². The third-order valence-corrected chi connectivity index (χ3v) is 2.32. The van der Waals surface area contributed by atoms with Crippen LogP contribution in [0, 0.1) is 12.7 Å². The van der Waals surface area contributed by atoms with Crippen molar-refractivity contribution in [3.8, 4) is 5.75 Å². The maximum absolute atomic E-state index is 13.6. The predicted octanol–water partition coefficient (Wildman–Crippen LogP) is 3.12. The molecule has 3 nitrogen and oxygen atoms in total. The fourth-order valence-corrected chi connectivity index (χ4v) is 1.42. The Kier molecular flexibility index (Phi) is 3.23. The third kappa shape index (κ3) is 2.53. The molecule has 0 unspecified atom stereocenters. The summed E-state index contributed by atoms with van der Waals surface area (Å²) in [7, 11) is 0. The molecule has 0 saturated carbocycles. The number of carbonyl (C=O) groups is 1. The van der Waals surface area contributed by atoms with E-state index in [1.165, 1.54) is 6.07 Å². The molecule has 0 spiro atoms. The highest BCUT2D eigenvalue weighted by Gasteiger charge is 2.07. The van der Waals surface area contributed by atoms with Gasteiger partial charge in [-0.15, -0.1) is 0 Å². The summed E-state index contributed by atoms with van der Waals surface area (Å²) in [6, 6.07) is 8.09. The van der Waals surface area contributed by atoms with Crippen LogP contribution in [0.1, 0.15) is 21.9 Å². The molecule has 1 heterocycles. The van der Waals surface area contributed by atoms with Crippen molar-refractivity contribution in [3.63, 3.8) is 0 Å². The van der Waals surface area contributed by atoms with Gasteiger partial charge in [0.2, 0.25) is 0 Å². The normalized spacial score (nSPS) is 10.2. The highest BCUT2D eigenvalue weighted by molar-refractivity contribution is 5.70. The Morgan fingerprint density at radius 2 is 2.18 bits per heavy atom. The largest absolute Gasteiger partial charge is 0.483 e. The zero-order valence-electron chi connectivity index (χ0n) is 9.27. The van der Waals surface area contributed by atoms with Crippen LogP contribution >= 0.6 is 0 Å². The lowest BCUT2D eigenvalue weighted by molar-refractivity contribution is 0.109. The Labute approximate surface area is 97.8 Å². The Hall–Kier alpha value is -2.10. The van der Waals surface area contributed by atoms with Gasteiger partial charge in [0.05, 0.1) is 0 Å². The summed E-state index contributed by atoms with van der Waals surface area (Å²) >= 11 is 0. The summed E-state index contributed by atoms with van der Waals surface area (Å²) in [6.45, 7) is 1.76. The van der Waals surface area contributed by atoms with Crippen LogP contribution in [0.4, 0.5) is 4.39 Å². The molecule has 88 valence electrons. The molecule has 0 N–H and O–H groups in total. The average molecular weight is 234 g/mol. The van der Waals surface area contributed by atoms with E-state index in [9.17, 15) is 9.18 Å². The lowest BCUT2D eigenvalue weighted by atomic mass is 10.2. The zero-order chi connectivity index (χ0) is 12.3. The SMILES string of the molecule is Cc1cccc(OCc2ccc(C=O)o2)c1F. The lowest BCUT2D eigenvalue weighted by Crippen LogP contribution is -1.97. The smallest absolute Gasteiger partial charge is 0.185 e. The summed E-state index contributed by atoms with van der Waals surface area (Å²) in [6.07, 6.45) is 0.608. The van der Waals surface area contributed by atoms with E-state index in [1.807, 2.05) is 0 Å². The monoisotopic (exact) mass is 234 g/mol. The van der Waals surface area contributed by atoms with Gasteiger partial charge in [-0.3, -0.25) is 4.79 Å². The molecule has 2 aromatic rings. The van der Waals surface area contributed by atoms with Gasteiger partial charge >= 0.3 is 0 Å². The van der Waals surface area contributed by atoms with Gasteiger partial charge in [0, 0.05) is 0 Å². The van der Waals surface area contributed by atoms with Gasteiger partial charge in [-0.2, -0.15) is 0 Å². The maximum atomic E-state index is 13.6. The van der Waals surface area contributed by atoms with Gasteiger partial charge in [0.1, 0.15) is 12.4 Å². The molecule has 2 rings (SSSR count). The Morgan fingerprint density at radius 3 is 2.88 bits per heavy atom. The molecule has 0 aliphatic rings. The van der Waals surface area contributed by atoms with E-state index in [1.54, 1.807) is 31.2 Å². The number of rotatable bonds is 4. The second kappa shape index (κ2) is 4.82. The van der Waals surface area contributed by atoms with Gasteiger partial charge in [-0.1, -0.05) is 12.1 Å². The van der Waals surface area contributed by atoms with Gasteiger partial charge < -0.3 is 9.15 Å². The van der Waals surface area contributed by atoms with Crippen molar-refractivity contribution in [2.24, 2.45) is 0 Å². The third-order valence-electron chi connectivity index (χ3n) is 2.32. The summed E-state index contributed by atoms with van der Waals surface area (Å²) in [5.41, 5.74) is 0.524. The summed E-state index contributed by atoms with van der Waals surface area (Å²) in [5.74, 6) is 0.505. The molecule has 0 amide bonds. The zero-order valence-corrected chi connectivity index (χ0v) is 9.27. The molecule has 0 atom stereocenters. The van der Waals surface area contributed by atoms with E-state index < -0.39 is 0 Å². The number of aryl methyl sites for hydroxylation is 1. The van der Waals surface area contributed by atoms with Crippen LogP contribution in [0.3, 0.4) is 0 Å². The molecule has 0 radical (unpaired) electrons. The number of carbonyl (C=O) groups excluding carboxylic acids is 1. The second-order valence-corrected chi connectivity index (χ2v) is 3.60. The number of furan rings is 1. The van der Waals surface area contributed by atoms with Crippen LogP contribution in [0.25, 0.3) is 0 Å². The first-order chi connectivity index (χ1) is 8.20. The van der Waals surface area contributed by atoms with E-state index >= 15 is 0 Å². The molecule has 0 bridgehead atoms. The van der Waals surface area contributed by atoms with E-state index in [-0.39, 0.29) is 23.9 Å². The molecule has 1 aromatic heterocycles. The van der Waals surface area contributed by atoms with Crippen molar-refractivity contribution in [2.45, 2.75) is 13.5 Å². The second-order valence-electron chi connectivity index (χ2n) is 3.60. The molecule has 0 saturated heterocycles. The number of aldehydes is 1. The maximum Gasteiger partial charge on any atom is 0.185 e. The van der Waals surface area contributed by atoms with Crippen LogP contribution < -0.4 is 4.74 Å². The van der Waals surface area contributed by atoms with E-state index in [4.69, 9.17) is 9.15 Å². The number of ether oxygens (including phenoxy) is 1. The van der Waals surface area contributed by atoms with Crippen molar-refractivity contribution in [1.82, 2.24) is 0 Å². The number of hydrogen-bond donors (Lipinski definition) is 0. The molecule has 4 heteroatoms. The Balaban J connectivity index is 2.07. The Bertz CT molecular complexity index is 531. The lowest BCUT2D eigenvalue weighted by Gasteiger charge is -2.06. The van der Waals surface area contributed by atoms with Gasteiger partial charge in [0.15, 0.2) is 23.6 Å². The first-order valence-corrected chi connectivity index (χ1v) is 5.12. The number of benzene rings is 1. The van der Waals surface area contributed by atoms with Crippen LogP contribution in [0.15, 0.2) is 34.7 Å². The minimum atomic E-state index is -0.380. The fraction of sp³-hybridized carbons (Fsp3) is 0.154. The van der Waals surface area contributed by atoms with E-state index in [2.05, 4.69) is 0 Å². The first kappa shape index (κ1) is 11.4. The quantitative estimate of drug-likeness (QED) is 0.763. The summed E-state index contributed by atoms with van der Waals surface area (Å²) in [4.78, 5) is 10.4. The minimum Gasteiger partial charge on any atom is -0.483 e. The number of hydrogen-bond acceptors (Lipinski definition) is 3. The van der Waals surface area contributed by atoms with Gasteiger partial charge in [-0.05, 0) is 30.7 Å². The van der Waals surface area contributed by atoms with Crippen LogP contribution in [-0.4, -0.2) is 6.29 Å². The predicted molar refractivity (Wildman–Crippen MR) is 59.6 cm³/mol. The molecule has 0 aliphatic carbocycles. The highest BCUT2D eigenvalue weighted by atomic mass is 19.1. The molecule has 1 aromatic carbocycles. The summed E-state index contributed by atoms with van der Waals surface area (Å²) < 4.78 is 23.9. The first-order valence-electron chi connectivity index (χ1n) is 5.12. The van der Waals surface area contributed by atoms with Gasteiger partial charge in [-0.25, -0.2) is 4.39 Å². The summed E-state index contributed by atoms with van der Waals surface area (Å²) in [5, 5.41) is 0. The topological polar surface area (TPSA) is 39.4 Å². The van der Waals surface area contributed by atoms with Crippen molar-refractivity contribution >= 4 is 6.29 Å². The van der Waals surface area contributed by atoms with Crippen LogP contribution in [0.5, 0.6) is 5.75 Å². The molecule has 0 fully saturated rings. The van der Waals surface area contributed by atoms with Crippen LogP contribution in [-0.2, 0) is 6.61 Å². The molecular formula is C13H11FO3. The fourth-order valence-electron chi connectivity index (χ4n) is 1.42. The standard InChI is InChI=1S/C13H11FO3/c1-9-3-2-4-12(13(9)14)16-8-11-6-5-10(7-15)17-11/h2-7H,8H2,1H3. The van der Waals surface area contributed by atoms with Crippen molar-refractivity contribution in [1.29, 1.82) is 0 Å². The molecule has 0 aliphatic heterocycles. The highest BCUT2D eigenvalue weighted by Crippen LogP contribution is 2.21. The van der Waals surface area contributed by atoms with Crippen molar-refractivity contribution < 1.29 is 18.3 Å². The van der Waals surface area contributed by atoms with Gasteiger partial charge in [0.25, 0.3) is 0 Å². The van der Waals surface area contributed by atoms with E-state index in [0.717, 1.165) is 0 Å². The van der Waals surface area contributed by atoms with Crippen molar-refractivity contribution in [2.75, 3.05) is 0 Å². The van der Waals surface area contributed by atoms with Crippen LogP contribution in [0.2, 0.25) is 0 Å². The molecule has 17 heavy (non-hydrogen) atoms. The number of halogens is 1. The minimum absolute atomic E-state index is 0.0915.